The molecule has 146 valence electrons. The Balaban J connectivity index is 1.67. The molecule has 1 N–H and O–H groups in total. The minimum absolute atomic E-state index is 0.152. The first kappa shape index (κ1) is 17.4. The SMILES string of the molecule is CCCn1ncc2cc(-c3cc(=O)n4[nH]cc(-c5ccnn5CC)c4n3)ccc21. The molecule has 5 rings (SSSR count). The summed E-state index contributed by atoms with van der Waals surface area (Å²) in [5.74, 6) is 0. The molecule has 0 fully saturated rings. The second-order valence-corrected chi connectivity index (χ2v) is 7.00. The van der Waals surface area contributed by atoms with Gasteiger partial charge in [0.1, 0.15) is 0 Å². The number of benzene rings is 1. The van der Waals surface area contributed by atoms with Crippen molar-refractivity contribution >= 4 is 16.6 Å². The summed E-state index contributed by atoms with van der Waals surface area (Å²) in [6, 6.07) is 9.56. The maximum Gasteiger partial charge on any atom is 0.273 e. The molecule has 0 spiro atoms. The monoisotopic (exact) mass is 387 g/mol. The molecule has 0 saturated carbocycles. The molecule has 0 aliphatic heterocycles. The van der Waals surface area contributed by atoms with Crippen molar-refractivity contribution in [2.75, 3.05) is 0 Å². The molecule has 0 saturated heterocycles. The highest BCUT2D eigenvalue weighted by Crippen LogP contribution is 2.26. The summed E-state index contributed by atoms with van der Waals surface area (Å²) in [7, 11) is 0. The molecule has 1 aromatic carbocycles. The molecule has 8 nitrogen and oxygen atoms in total. The second kappa shape index (κ2) is 6.73. The molecule has 0 radical (unpaired) electrons. The van der Waals surface area contributed by atoms with E-state index < -0.39 is 0 Å². The summed E-state index contributed by atoms with van der Waals surface area (Å²) in [5, 5.41) is 12.8. The third kappa shape index (κ3) is 2.75. The lowest BCUT2D eigenvalue weighted by molar-refractivity contribution is 0.622. The first-order chi connectivity index (χ1) is 14.2. The summed E-state index contributed by atoms with van der Waals surface area (Å²) in [6.45, 7) is 5.78. The van der Waals surface area contributed by atoms with Crippen molar-refractivity contribution in [1.82, 2.24) is 34.2 Å². The molecule has 5 aromatic rings. The molecule has 0 amide bonds. The van der Waals surface area contributed by atoms with E-state index in [-0.39, 0.29) is 5.56 Å². The Hall–Kier alpha value is -3.68. The molecule has 4 aromatic heterocycles. The van der Waals surface area contributed by atoms with Crippen molar-refractivity contribution in [3.05, 3.63) is 59.3 Å². The van der Waals surface area contributed by atoms with Gasteiger partial charge >= 0.3 is 0 Å². The van der Waals surface area contributed by atoms with Gasteiger partial charge in [0, 0.05) is 42.5 Å². The maximum atomic E-state index is 12.7. The van der Waals surface area contributed by atoms with E-state index in [1.165, 1.54) is 4.52 Å². The first-order valence-corrected chi connectivity index (χ1v) is 9.79. The van der Waals surface area contributed by atoms with Crippen molar-refractivity contribution in [3.8, 4) is 22.5 Å². The molecular weight excluding hydrogens is 366 g/mol. The zero-order valence-corrected chi connectivity index (χ0v) is 16.3. The Morgan fingerprint density at radius 1 is 1.07 bits per heavy atom. The van der Waals surface area contributed by atoms with Gasteiger partial charge in [-0.2, -0.15) is 10.2 Å². The van der Waals surface area contributed by atoms with Gasteiger partial charge in [0.05, 0.1) is 28.7 Å². The summed E-state index contributed by atoms with van der Waals surface area (Å²) >= 11 is 0. The summed E-state index contributed by atoms with van der Waals surface area (Å²) < 4.78 is 5.35. The third-order valence-electron chi connectivity index (χ3n) is 5.16. The van der Waals surface area contributed by atoms with Crippen molar-refractivity contribution in [1.29, 1.82) is 0 Å². The van der Waals surface area contributed by atoms with E-state index in [9.17, 15) is 4.79 Å². The summed E-state index contributed by atoms with van der Waals surface area (Å²) in [6.07, 6.45) is 6.44. The zero-order valence-electron chi connectivity index (χ0n) is 16.3. The Morgan fingerprint density at radius 3 is 2.79 bits per heavy atom. The molecule has 0 aliphatic rings. The van der Waals surface area contributed by atoms with E-state index in [0.29, 0.717) is 11.3 Å². The van der Waals surface area contributed by atoms with Crippen LogP contribution in [0.15, 0.2) is 53.7 Å². The van der Waals surface area contributed by atoms with Crippen LogP contribution in [-0.2, 0) is 13.1 Å². The van der Waals surface area contributed by atoms with Gasteiger partial charge in [0.15, 0.2) is 5.65 Å². The number of nitrogens with one attached hydrogen (secondary N) is 1. The standard InChI is InChI=1S/C21H21N7O/c1-3-9-27-18-6-5-14(10-15(18)12-23-27)17-11-20(29)28-21(25-17)16(13-24-28)19-7-8-22-26(19)4-2/h5-8,10-13,24H,3-4,9H2,1-2H3. The largest absolute Gasteiger partial charge is 0.296 e. The molecule has 0 unspecified atom stereocenters. The van der Waals surface area contributed by atoms with Crippen LogP contribution in [0.25, 0.3) is 39.1 Å². The lowest BCUT2D eigenvalue weighted by Crippen LogP contribution is -2.14. The van der Waals surface area contributed by atoms with E-state index in [1.54, 1.807) is 18.5 Å². The van der Waals surface area contributed by atoms with Crippen LogP contribution in [0.2, 0.25) is 0 Å². The fourth-order valence-corrected chi connectivity index (χ4v) is 3.77. The van der Waals surface area contributed by atoms with E-state index in [1.807, 2.05) is 46.7 Å². The highest BCUT2D eigenvalue weighted by Gasteiger charge is 2.15. The molecule has 4 heterocycles. The van der Waals surface area contributed by atoms with Crippen LogP contribution in [0.1, 0.15) is 20.3 Å². The van der Waals surface area contributed by atoms with Gasteiger partial charge in [0.2, 0.25) is 0 Å². The molecule has 0 bridgehead atoms. The second-order valence-electron chi connectivity index (χ2n) is 7.00. The number of H-pyrrole nitrogens is 1. The van der Waals surface area contributed by atoms with E-state index in [2.05, 4.69) is 22.2 Å². The van der Waals surface area contributed by atoms with Gasteiger partial charge in [-0.3, -0.25) is 19.3 Å². The van der Waals surface area contributed by atoms with Crippen LogP contribution >= 0.6 is 0 Å². The number of nitrogens with zero attached hydrogens (tertiary/aromatic N) is 6. The Bertz CT molecular complexity index is 1390. The van der Waals surface area contributed by atoms with Crippen molar-refractivity contribution in [2.24, 2.45) is 0 Å². The van der Waals surface area contributed by atoms with E-state index in [4.69, 9.17) is 4.98 Å². The number of aromatic nitrogens is 7. The van der Waals surface area contributed by atoms with E-state index >= 15 is 0 Å². The number of rotatable bonds is 5. The Kier molecular flexibility index (Phi) is 4.04. The fourth-order valence-electron chi connectivity index (χ4n) is 3.77. The normalized spacial score (nSPS) is 11.7. The minimum atomic E-state index is -0.152. The highest BCUT2D eigenvalue weighted by molar-refractivity contribution is 5.84. The average molecular weight is 387 g/mol. The van der Waals surface area contributed by atoms with Crippen molar-refractivity contribution in [2.45, 2.75) is 33.4 Å². The van der Waals surface area contributed by atoms with Crippen molar-refractivity contribution < 1.29 is 0 Å². The topological polar surface area (TPSA) is 85.8 Å². The quantitative estimate of drug-likeness (QED) is 0.501. The van der Waals surface area contributed by atoms with Crippen LogP contribution in [0.5, 0.6) is 0 Å². The summed E-state index contributed by atoms with van der Waals surface area (Å²) in [5.41, 5.74) is 4.83. The van der Waals surface area contributed by atoms with Gasteiger partial charge in [0.25, 0.3) is 5.56 Å². The van der Waals surface area contributed by atoms with Gasteiger partial charge in [-0.25, -0.2) is 9.50 Å². The summed E-state index contributed by atoms with van der Waals surface area (Å²) in [4.78, 5) is 17.5. The van der Waals surface area contributed by atoms with Crippen LogP contribution in [0, 0.1) is 0 Å². The van der Waals surface area contributed by atoms with Crippen LogP contribution in [0.3, 0.4) is 0 Å². The molecule has 29 heavy (non-hydrogen) atoms. The number of aromatic amines is 1. The maximum absolute atomic E-state index is 12.7. The third-order valence-corrected chi connectivity index (χ3v) is 5.16. The van der Waals surface area contributed by atoms with E-state index in [0.717, 1.165) is 47.2 Å². The predicted octanol–water partition coefficient (Wildman–Crippen LogP) is 3.33. The number of aryl methyl sites for hydroxylation is 2. The lowest BCUT2D eigenvalue weighted by Gasteiger charge is -2.06. The van der Waals surface area contributed by atoms with Gasteiger partial charge in [-0.15, -0.1) is 0 Å². The smallest absolute Gasteiger partial charge is 0.273 e. The molecule has 0 aliphatic carbocycles. The van der Waals surface area contributed by atoms with Gasteiger partial charge in [-0.05, 0) is 31.5 Å². The van der Waals surface area contributed by atoms with Crippen LogP contribution in [-0.4, -0.2) is 34.2 Å². The van der Waals surface area contributed by atoms with Crippen LogP contribution < -0.4 is 5.56 Å². The zero-order chi connectivity index (χ0) is 20.0. The van der Waals surface area contributed by atoms with Gasteiger partial charge in [-0.1, -0.05) is 13.0 Å². The molecule has 0 atom stereocenters. The highest BCUT2D eigenvalue weighted by atomic mass is 16.1. The predicted molar refractivity (Wildman–Crippen MR) is 112 cm³/mol. The Morgan fingerprint density at radius 2 is 1.97 bits per heavy atom. The molecular formula is C21H21N7O. The van der Waals surface area contributed by atoms with Crippen LogP contribution in [0.4, 0.5) is 0 Å². The van der Waals surface area contributed by atoms with Crippen molar-refractivity contribution in [3.63, 3.8) is 0 Å². The minimum Gasteiger partial charge on any atom is -0.296 e. The first-order valence-electron chi connectivity index (χ1n) is 9.79. The molecule has 8 heteroatoms. The number of hydrogen-bond donors (Lipinski definition) is 1. The number of fused-ring (bicyclic) bond motifs is 2. The fraction of sp³-hybridized carbons (Fsp3) is 0.238. The lowest BCUT2D eigenvalue weighted by atomic mass is 10.1. The number of hydrogen-bond acceptors (Lipinski definition) is 4. The average Bonchev–Trinajstić information content (AvgIpc) is 3.45. The van der Waals surface area contributed by atoms with Gasteiger partial charge < -0.3 is 0 Å². The Labute approximate surface area is 166 Å².